The van der Waals surface area contributed by atoms with E-state index >= 15 is 0 Å². The summed E-state index contributed by atoms with van der Waals surface area (Å²) in [6.07, 6.45) is -4.41. The summed E-state index contributed by atoms with van der Waals surface area (Å²) in [5.74, 6) is 0.413. The quantitative estimate of drug-likeness (QED) is 0.567. The molecule has 0 bridgehead atoms. The molecule has 0 heterocycles. The molecular formula is C17H25F3N4O2. The van der Waals surface area contributed by atoms with Gasteiger partial charge in [0.15, 0.2) is 12.6 Å². The summed E-state index contributed by atoms with van der Waals surface area (Å²) in [4.78, 5) is 17.4. The third-order valence-corrected chi connectivity index (χ3v) is 3.27. The number of rotatable bonds is 7. The Balaban J connectivity index is 2.85. The van der Waals surface area contributed by atoms with Crippen LogP contribution in [0.1, 0.15) is 18.1 Å². The lowest BCUT2D eigenvalue weighted by molar-refractivity contribution is -0.153. The molecular weight excluding hydrogens is 349 g/mol. The fraction of sp³-hybridized carbons (Fsp3) is 0.529. The van der Waals surface area contributed by atoms with Crippen molar-refractivity contribution in [3.8, 4) is 5.75 Å². The maximum absolute atomic E-state index is 12.4. The van der Waals surface area contributed by atoms with Gasteiger partial charge in [-0.1, -0.05) is 12.1 Å². The first-order chi connectivity index (χ1) is 12.1. The summed E-state index contributed by atoms with van der Waals surface area (Å²) in [6, 6.07) is 5.01. The van der Waals surface area contributed by atoms with E-state index < -0.39 is 12.8 Å². The number of hydrogen-bond acceptors (Lipinski definition) is 3. The summed E-state index contributed by atoms with van der Waals surface area (Å²) in [6.45, 7) is 3.03. The highest BCUT2D eigenvalue weighted by atomic mass is 19.4. The molecule has 0 saturated carbocycles. The predicted octanol–water partition coefficient (Wildman–Crippen LogP) is 2.08. The van der Waals surface area contributed by atoms with Gasteiger partial charge in [0, 0.05) is 26.2 Å². The number of carbonyl (C=O) groups excluding carboxylic acids is 1. The zero-order chi connectivity index (χ0) is 19.7. The molecule has 1 amide bonds. The molecule has 0 fully saturated rings. The number of aliphatic imine (C=N–C) groups is 1. The van der Waals surface area contributed by atoms with E-state index in [-0.39, 0.29) is 24.7 Å². The highest BCUT2D eigenvalue weighted by Gasteiger charge is 2.28. The van der Waals surface area contributed by atoms with E-state index in [4.69, 9.17) is 4.74 Å². The largest absolute Gasteiger partial charge is 0.484 e. The second-order valence-electron chi connectivity index (χ2n) is 5.85. The molecule has 0 aliphatic heterocycles. The van der Waals surface area contributed by atoms with Crippen molar-refractivity contribution in [1.82, 2.24) is 15.5 Å². The second-order valence-corrected chi connectivity index (χ2v) is 5.85. The van der Waals surface area contributed by atoms with Crippen molar-refractivity contribution in [3.05, 3.63) is 29.3 Å². The molecule has 6 nitrogen and oxygen atoms in total. The molecule has 2 N–H and O–H groups in total. The highest BCUT2D eigenvalue weighted by Crippen LogP contribution is 2.24. The van der Waals surface area contributed by atoms with Gasteiger partial charge in [0.2, 0.25) is 5.91 Å². The van der Waals surface area contributed by atoms with Crippen LogP contribution in [-0.2, 0) is 11.3 Å². The number of guanidine groups is 1. The van der Waals surface area contributed by atoms with Crippen LogP contribution in [0.2, 0.25) is 0 Å². The first kappa shape index (κ1) is 21.6. The third kappa shape index (κ3) is 8.09. The molecule has 1 rings (SSSR count). The molecule has 0 spiro atoms. The smallest absolute Gasteiger partial charge is 0.422 e. The number of ether oxygens (including phenoxy) is 1. The number of halogens is 3. The minimum atomic E-state index is -4.41. The Kier molecular flexibility index (Phi) is 8.21. The molecule has 0 saturated heterocycles. The van der Waals surface area contributed by atoms with E-state index in [9.17, 15) is 18.0 Å². The SMILES string of the molecule is CCNC(=NCc1ccc(C)cc1OCC(F)(F)F)NCC(=O)N(C)C. The Morgan fingerprint density at radius 3 is 2.54 bits per heavy atom. The number of likely N-dealkylation sites (N-methyl/N-ethyl adjacent to an activating group) is 1. The molecule has 26 heavy (non-hydrogen) atoms. The fourth-order valence-corrected chi connectivity index (χ4v) is 1.91. The van der Waals surface area contributed by atoms with Crippen LogP contribution in [0.5, 0.6) is 5.75 Å². The van der Waals surface area contributed by atoms with Crippen LogP contribution in [0.15, 0.2) is 23.2 Å². The van der Waals surface area contributed by atoms with Crippen molar-refractivity contribution in [2.24, 2.45) is 4.99 Å². The van der Waals surface area contributed by atoms with Crippen molar-refractivity contribution >= 4 is 11.9 Å². The molecule has 146 valence electrons. The van der Waals surface area contributed by atoms with Gasteiger partial charge in [-0.3, -0.25) is 4.79 Å². The van der Waals surface area contributed by atoms with Gasteiger partial charge in [0.25, 0.3) is 0 Å². The molecule has 0 unspecified atom stereocenters. The molecule has 0 aliphatic rings. The van der Waals surface area contributed by atoms with E-state index in [1.165, 1.54) is 4.90 Å². The van der Waals surface area contributed by atoms with Crippen molar-refractivity contribution in [1.29, 1.82) is 0 Å². The first-order valence-electron chi connectivity index (χ1n) is 8.13. The van der Waals surface area contributed by atoms with Gasteiger partial charge >= 0.3 is 6.18 Å². The Morgan fingerprint density at radius 2 is 1.96 bits per heavy atom. The Bertz CT molecular complexity index is 631. The van der Waals surface area contributed by atoms with E-state index in [1.54, 1.807) is 39.2 Å². The normalized spacial score (nSPS) is 11.9. The van der Waals surface area contributed by atoms with Gasteiger partial charge < -0.3 is 20.3 Å². The maximum atomic E-state index is 12.4. The van der Waals surface area contributed by atoms with Gasteiger partial charge in [-0.2, -0.15) is 13.2 Å². The highest BCUT2D eigenvalue weighted by molar-refractivity contribution is 5.86. The van der Waals surface area contributed by atoms with Gasteiger partial charge in [0.05, 0.1) is 13.1 Å². The molecule has 0 atom stereocenters. The number of nitrogens with one attached hydrogen (secondary N) is 2. The summed E-state index contributed by atoms with van der Waals surface area (Å²) in [7, 11) is 3.29. The lowest BCUT2D eigenvalue weighted by Crippen LogP contribution is -2.42. The Hall–Kier alpha value is -2.45. The zero-order valence-corrected chi connectivity index (χ0v) is 15.4. The van der Waals surface area contributed by atoms with Gasteiger partial charge in [-0.05, 0) is 25.5 Å². The van der Waals surface area contributed by atoms with E-state index in [1.807, 2.05) is 6.92 Å². The summed E-state index contributed by atoms with van der Waals surface area (Å²) in [5.41, 5.74) is 1.31. The number of carbonyl (C=O) groups is 1. The minimum absolute atomic E-state index is 0.0597. The van der Waals surface area contributed by atoms with E-state index in [0.29, 0.717) is 18.1 Å². The predicted molar refractivity (Wildman–Crippen MR) is 94.2 cm³/mol. The summed E-state index contributed by atoms with van der Waals surface area (Å²) >= 11 is 0. The number of benzene rings is 1. The number of amides is 1. The van der Waals surface area contributed by atoms with Crippen molar-refractivity contribution in [3.63, 3.8) is 0 Å². The average molecular weight is 374 g/mol. The Labute approximate surface area is 151 Å². The maximum Gasteiger partial charge on any atom is 0.422 e. The van der Waals surface area contributed by atoms with Crippen LogP contribution < -0.4 is 15.4 Å². The van der Waals surface area contributed by atoms with Crippen LogP contribution in [-0.4, -0.2) is 56.7 Å². The first-order valence-corrected chi connectivity index (χ1v) is 8.13. The molecule has 0 aromatic heterocycles. The van der Waals surface area contributed by atoms with Crippen LogP contribution in [0.3, 0.4) is 0 Å². The number of aryl methyl sites for hydroxylation is 1. The van der Waals surface area contributed by atoms with Crippen molar-refractivity contribution < 1.29 is 22.7 Å². The van der Waals surface area contributed by atoms with E-state index in [2.05, 4.69) is 15.6 Å². The summed E-state index contributed by atoms with van der Waals surface area (Å²) in [5, 5.41) is 5.87. The lowest BCUT2D eigenvalue weighted by atomic mass is 10.1. The zero-order valence-electron chi connectivity index (χ0n) is 15.4. The van der Waals surface area contributed by atoms with Gasteiger partial charge in [-0.15, -0.1) is 0 Å². The van der Waals surface area contributed by atoms with Crippen molar-refractivity contribution in [2.75, 3.05) is 33.8 Å². The van der Waals surface area contributed by atoms with Crippen LogP contribution in [0, 0.1) is 6.92 Å². The summed E-state index contributed by atoms with van der Waals surface area (Å²) < 4.78 is 42.2. The fourth-order valence-electron chi connectivity index (χ4n) is 1.91. The number of alkyl halides is 3. The molecule has 1 aromatic rings. The number of nitrogens with zero attached hydrogens (tertiary/aromatic N) is 2. The van der Waals surface area contributed by atoms with Crippen molar-refractivity contribution in [2.45, 2.75) is 26.6 Å². The molecule has 0 radical (unpaired) electrons. The van der Waals surface area contributed by atoms with Crippen LogP contribution in [0.25, 0.3) is 0 Å². The van der Waals surface area contributed by atoms with Gasteiger partial charge in [-0.25, -0.2) is 4.99 Å². The topological polar surface area (TPSA) is 66.0 Å². The molecule has 1 aromatic carbocycles. The Morgan fingerprint density at radius 1 is 1.27 bits per heavy atom. The average Bonchev–Trinajstić information content (AvgIpc) is 2.55. The monoisotopic (exact) mass is 374 g/mol. The molecule has 9 heteroatoms. The standard InChI is InChI=1S/C17H25F3N4O2/c1-5-21-16(23-10-15(25)24(3)4)22-9-13-7-6-12(2)8-14(13)26-11-17(18,19)20/h6-8H,5,9-11H2,1-4H3,(H2,21,22,23). The van der Waals surface area contributed by atoms with Crippen LogP contribution >= 0.6 is 0 Å². The third-order valence-electron chi connectivity index (χ3n) is 3.27. The van der Waals surface area contributed by atoms with Crippen LogP contribution in [0.4, 0.5) is 13.2 Å². The van der Waals surface area contributed by atoms with E-state index in [0.717, 1.165) is 5.56 Å². The minimum Gasteiger partial charge on any atom is -0.484 e. The number of hydrogen-bond donors (Lipinski definition) is 2. The molecule has 0 aliphatic carbocycles. The lowest BCUT2D eigenvalue weighted by Gasteiger charge is -2.15. The van der Waals surface area contributed by atoms with Gasteiger partial charge in [0.1, 0.15) is 5.75 Å². The second kappa shape index (κ2) is 9.88.